The fourth-order valence-electron chi connectivity index (χ4n) is 1.88. The number of carboxylic acid groups (broad SMARTS) is 2. The third-order valence-electron chi connectivity index (χ3n) is 3.82. The Morgan fingerprint density at radius 3 is 1.11 bits per heavy atom. The van der Waals surface area contributed by atoms with Gasteiger partial charge in [-0.1, -0.05) is 93.9 Å². The maximum Gasteiger partial charge on any atom is 2.00 e. The number of rotatable bonds is 11. The first kappa shape index (κ1) is 37.5. The standard InChI is InChI=1S/2C8H16O2.C4H9.C2H5.Sn/c2*1-3-5-6-7(4-2)8(9)10;1-3-4-2;1-2;/h2*7H,3-6H2,1-2H3,(H,9,10);1,3-4H2,2H3;1H2,2H3;/q;;;;+2/p-2. The van der Waals surface area contributed by atoms with E-state index in [-0.39, 0.29) is 35.7 Å². The van der Waals surface area contributed by atoms with Crippen LogP contribution >= 0.6 is 0 Å². The van der Waals surface area contributed by atoms with E-state index < -0.39 is 11.9 Å². The van der Waals surface area contributed by atoms with Gasteiger partial charge in [0.1, 0.15) is 0 Å². The van der Waals surface area contributed by atoms with Gasteiger partial charge in [-0.15, -0.1) is 0 Å². The van der Waals surface area contributed by atoms with Crippen LogP contribution < -0.4 is 10.2 Å². The monoisotopic (exact) mass is 492 g/mol. The molecule has 0 aliphatic rings. The molecule has 5 heteroatoms. The van der Waals surface area contributed by atoms with Crippen molar-refractivity contribution in [3.63, 3.8) is 0 Å². The van der Waals surface area contributed by atoms with Crippen LogP contribution in [0, 0.1) is 25.7 Å². The van der Waals surface area contributed by atoms with E-state index in [0.717, 1.165) is 44.9 Å². The zero-order valence-corrected chi connectivity index (χ0v) is 21.6. The van der Waals surface area contributed by atoms with E-state index in [1.807, 2.05) is 13.8 Å². The molecule has 0 fully saturated rings. The SMILES string of the molecule is CCCCC(CC)C(=O)[O-].CCCCC(CC)C(=O)[O-].[CH2]C.[CH2]CCC.[Sn+2]. The average Bonchev–Trinajstić information content (AvgIpc) is 2.65. The Labute approximate surface area is 186 Å². The molecule has 0 aromatic heterocycles. The Hall–Kier alpha value is -0.261. The van der Waals surface area contributed by atoms with Crippen molar-refractivity contribution in [2.75, 3.05) is 0 Å². The van der Waals surface area contributed by atoms with Gasteiger partial charge < -0.3 is 19.8 Å². The number of hydrogen-bond donors (Lipinski definition) is 0. The van der Waals surface area contributed by atoms with Crippen molar-refractivity contribution in [2.24, 2.45) is 11.8 Å². The van der Waals surface area contributed by atoms with Crippen LogP contribution in [0.3, 0.4) is 0 Å². The second kappa shape index (κ2) is 33.3. The van der Waals surface area contributed by atoms with Crippen molar-refractivity contribution < 1.29 is 19.8 Å². The number of carbonyl (C=O) groups is 2. The molecule has 0 aromatic carbocycles. The van der Waals surface area contributed by atoms with Gasteiger partial charge in [0, 0.05) is 11.9 Å². The normalized spacial score (nSPS) is 11.0. The first-order valence-electron chi connectivity index (χ1n) is 10.3. The molecule has 0 bridgehead atoms. The van der Waals surface area contributed by atoms with E-state index >= 15 is 0 Å². The molecular weight excluding hydrogens is 447 g/mol. The summed E-state index contributed by atoms with van der Waals surface area (Å²) >= 11 is 0. The molecule has 0 saturated carbocycles. The fourth-order valence-corrected chi connectivity index (χ4v) is 1.88. The summed E-state index contributed by atoms with van der Waals surface area (Å²) in [6, 6.07) is 0. The van der Waals surface area contributed by atoms with Gasteiger partial charge in [0.25, 0.3) is 0 Å². The van der Waals surface area contributed by atoms with Crippen LogP contribution in [0.5, 0.6) is 0 Å². The first-order valence-corrected chi connectivity index (χ1v) is 10.3. The molecule has 4 nitrogen and oxygen atoms in total. The predicted molar refractivity (Wildman–Crippen MR) is 114 cm³/mol. The molecule has 27 heavy (non-hydrogen) atoms. The molecule has 0 N–H and O–H groups in total. The van der Waals surface area contributed by atoms with Crippen LogP contribution in [-0.4, -0.2) is 35.8 Å². The summed E-state index contributed by atoms with van der Waals surface area (Å²) in [5, 5.41) is 20.7. The van der Waals surface area contributed by atoms with Crippen molar-refractivity contribution in [1.29, 1.82) is 0 Å². The minimum Gasteiger partial charge on any atom is -0.550 e. The molecule has 0 aliphatic carbocycles. The van der Waals surface area contributed by atoms with E-state index in [1.165, 1.54) is 6.42 Å². The molecule has 0 spiro atoms. The summed E-state index contributed by atoms with van der Waals surface area (Å²) in [5.41, 5.74) is 0. The minimum atomic E-state index is -0.893. The van der Waals surface area contributed by atoms with Gasteiger partial charge in [-0.25, -0.2) is 0 Å². The summed E-state index contributed by atoms with van der Waals surface area (Å²) in [5.74, 6) is -2.23. The largest absolute Gasteiger partial charge is 2.00 e. The fraction of sp³-hybridized carbons (Fsp3) is 0.818. The molecule has 0 heterocycles. The van der Waals surface area contributed by atoms with Gasteiger partial charge in [-0.2, -0.15) is 0 Å². The molecular formula is C22H44O4Sn. The number of hydrogen-bond acceptors (Lipinski definition) is 4. The summed E-state index contributed by atoms with van der Waals surface area (Å²) < 4.78 is 0. The van der Waals surface area contributed by atoms with Crippen LogP contribution in [0.2, 0.25) is 0 Å². The van der Waals surface area contributed by atoms with Crippen LogP contribution in [-0.2, 0) is 9.59 Å². The summed E-state index contributed by atoms with van der Waals surface area (Å²) in [6.07, 6.45) is 9.32. The van der Waals surface area contributed by atoms with Crippen LogP contribution in [0.4, 0.5) is 0 Å². The zero-order chi connectivity index (χ0) is 21.4. The first-order chi connectivity index (χ1) is 12.4. The van der Waals surface area contributed by atoms with E-state index in [4.69, 9.17) is 0 Å². The molecule has 2 unspecified atom stereocenters. The van der Waals surface area contributed by atoms with E-state index in [1.54, 1.807) is 6.92 Å². The van der Waals surface area contributed by atoms with Crippen molar-refractivity contribution in [3.8, 4) is 0 Å². The van der Waals surface area contributed by atoms with Gasteiger partial charge in [0.15, 0.2) is 0 Å². The van der Waals surface area contributed by atoms with E-state index in [9.17, 15) is 19.8 Å². The Balaban J connectivity index is -0.0000000901. The molecule has 0 amide bonds. The molecule has 2 atom stereocenters. The predicted octanol–water partition coefficient (Wildman–Crippen LogP) is 3.99. The smallest absolute Gasteiger partial charge is 0.550 e. The van der Waals surface area contributed by atoms with Crippen LogP contribution in [0.15, 0.2) is 0 Å². The number of aliphatic carboxylic acids is 2. The van der Waals surface area contributed by atoms with E-state index in [0.29, 0.717) is 12.8 Å². The zero-order valence-electron chi connectivity index (χ0n) is 18.8. The molecule has 0 aromatic rings. The molecule has 160 valence electrons. The third-order valence-corrected chi connectivity index (χ3v) is 3.82. The van der Waals surface area contributed by atoms with Gasteiger partial charge in [-0.05, 0) is 37.5 Å². The van der Waals surface area contributed by atoms with Gasteiger partial charge in [0.05, 0.1) is 0 Å². The van der Waals surface area contributed by atoms with Gasteiger partial charge in [0.2, 0.25) is 0 Å². The van der Waals surface area contributed by atoms with Gasteiger partial charge in [-0.3, -0.25) is 0 Å². The van der Waals surface area contributed by atoms with Crippen molar-refractivity contribution in [1.82, 2.24) is 0 Å². The second-order valence-corrected chi connectivity index (χ2v) is 5.99. The molecule has 4 radical (unpaired) electrons. The summed E-state index contributed by atoms with van der Waals surface area (Å²) in [6.45, 7) is 18.6. The third kappa shape index (κ3) is 33.7. The molecule has 0 rings (SSSR count). The van der Waals surface area contributed by atoms with E-state index in [2.05, 4.69) is 34.6 Å². The topological polar surface area (TPSA) is 80.3 Å². The summed E-state index contributed by atoms with van der Waals surface area (Å²) in [7, 11) is 0. The Kier molecular flexibility index (Phi) is 46.3. The maximum atomic E-state index is 10.3. The maximum absolute atomic E-state index is 10.3. The Morgan fingerprint density at radius 1 is 0.741 bits per heavy atom. The number of unbranched alkanes of at least 4 members (excludes halogenated alkanes) is 3. The van der Waals surface area contributed by atoms with Crippen molar-refractivity contribution in [2.45, 2.75) is 106 Å². The second-order valence-electron chi connectivity index (χ2n) is 5.99. The number of carboxylic acids is 2. The average molecular weight is 491 g/mol. The Bertz CT molecular complexity index is 255. The van der Waals surface area contributed by atoms with Gasteiger partial charge >= 0.3 is 23.9 Å². The van der Waals surface area contributed by atoms with Crippen LogP contribution in [0.25, 0.3) is 0 Å². The van der Waals surface area contributed by atoms with Crippen molar-refractivity contribution >= 4 is 35.8 Å². The van der Waals surface area contributed by atoms with Crippen molar-refractivity contribution in [3.05, 3.63) is 13.8 Å². The number of carbonyl (C=O) groups excluding carboxylic acids is 2. The molecule has 0 aliphatic heterocycles. The van der Waals surface area contributed by atoms with Crippen LogP contribution in [0.1, 0.15) is 106 Å². The Morgan fingerprint density at radius 2 is 1.00 bits per heavy atom. The minimum absolute atomic E-state index is 0. The summed E-state index contributed by atoms with van der Waals surface area (Å²) in [4.78, 5) is 20.7. The molecule has 0 saturated heterocycles. The quantitative estimate of drug-likeness (QED) is 0.410.